The van der Waals surface area contributed by atoms with Crippen molar-refractivity contribution in [3.8, 4) is 0 Å². The van der Waals surface area contributed by atoms with E-state index in [0.29, 0.717) is 12.3 Å². The number of carbonyl (C=O) groups is 1. The van der Waals surface area contributed by atoms with Gasteiger partial charge in [-0.2, -0.15) is 0 Å². The molecule has 2 aromatic carbocycles. The molecule has 4 rings (SSSR count). The Morgan fingerprint density at radius 3 is 2.96 bits per heavy atom. The topological polar surface area (TPSA) is 83.8 Å². The van der Waals surface area contributed by atoms with E-state index >= 15 is 0 Å². The first-order chi connectivity index (χ1) is 12.7. The van der Waals surface area contributed by atoms with Gasteiger partial charge in [0.05, 0.1) is 11.0 Å². The Hall–Kier alpha value is -2.80. The van der Waals surface area contributed by atoms with Gasteiger partial charge >= 0.3 is 0 Å². The summed E-state index contributed by atoms with van der Waals surface area (Å²) in [5.74, 6) is 1.44. The van der Waals surface area contributed by atoms with Crippen molar-refractivity contribution in [2.24, 2.45) is 0 Å². The average molecular weight is 366 g/mol. The molecule has 7 heteroatoms. The summed E-state index contributed by atoms with van der Waals surface area (Å²) in [6, 6.07) is 13.4. The van der Waals surface area contributed by atoms with Gasteiger partial charge in [0.1, 0.15) is 5.52 Å². The zero-order valence-electron chi connectivity index (χ0n) is 14.3. The van der Waals surface area contributed by atoms with Gasteiger partial charge in [-0.15, -0.1) is 0 Å². The van der Waals surface area contributed by atoms with E-state index in [1.165, 1.54) is 0 Å². The molecular formula is C19H18N4O2S. The highest BCUT2D eigenvalue weighted by Gasteiger charge is 2.07. The highest BCUT2D eigenvalue weighted by molar-refractivity contribution is 7.99. The lowest BCUT2D eigenvalue weighted by atomic mass is 10.2. The first kappa shape index (κ1) is 16.7. The number of oxazole rings is 1. The molecule has 0 unspecified atom stereocenters. The fourth-order valence-electron chi connectivity index (χ4n) is 2.74. The number of benzene rings is 2. The van der Waals surface area contributed by atoms with Crippen LogP contribution in [0.2, 0.25) is 0 Å². The lowest BCUT2D eigenvalue weighted by Crippen LogP contribution is -2.11. The Morgan fingerprint density at radius 2 is 2.08 bits per heavy atom. The first-order valence-corrected chi connectivity index (χ1v) is 9.40. The van der Waals surface area contributed by atoms with Gasteiger partial charge in [0, 0.05) is 24.8 Å². The van der Waals surface area contributed by atoms with E-state index < -0.39 is 0 Å². The lowest BCUT2D eigenvalue weighted by molar-refractivity contribution is -0.116. The number of aromatic amines is 1. The minimum atomic E-state index is -0.00484. The Morgan fingerprint density at radius 1 is 1.19 bits per heavy atom. The number of anilines is 1. The molecule has 0 spiro atoms. The normalized spacial score (nSPS) is 11.3. The van der Waals surface area contributed by atoms with Crippen LogP contribution in [0.5, 0.6) is 0 Å². The number of amides is 1. The summed E-state index contributed by atoms with van der Waals surface area (Å²) in [7, 11) is 0. The summed E-state index contributed by atoms with van der Waals surface area (Å²) in [6.07, 6.45) is 1.24. The maximum Gasteiger partial charge on any atom is 0.224 e. The molecule has 0 fully saturated rings. The summed E-state index contributed by atoms with van der Waals surface area (Å²) in [6.45, 7) is 1.80. The first-order valence-electron chi connectivity index (χ1n) is 8.42. The number of rotatable bonds is 6. The van der Waals surface area contributed by atoms with Crippen molar-refractivity contribution in [1.82, 2.24) is 15.0 Å². The van der Waals surface area contributed by atoms with Crippen LogP contribution in [0.25, 0.3) is 22.1 Å². The lowest BCUT2D eigenvalue weighted by Gasteiger charge is -2.04. The van der Waals surface area contributed by atoms with E-state index in [2.05, 4.69) is 20.3 Å². The molecule has 0 atom stereocenters. The third-order valence-corrected chi connectivity index (χ3v) is 4.89. The quantitative estimate of drug-likeness (QED) is 0.387. The Balaban J connectivity index is 1.26. The molecule has 0 aliphatic heterocycles. The van der Waals surface area contributed by atoms with E-state index in [1.807, 2.05) is 42.5 Å². The molecule has 1 amide bonds. The van der Waals surface area contributed by atoms with Crippen molar-refractivity contribution in [3.05, 3.63) is 48.4 Å². The fraction of sp³-hybridized carbons (Fsp3) is 0.211. The average Bonchev–Trinajstić information content (AvgIpc) is 3.20. The number of hydrogen-bond acceptors (Lipinski definition) is 5. The van der Waals surface area contributed by atoms with Crippen molar-refractivity contribution in [2.75, 3.05) is 11.1 Å². The summed E-state index contributed by atoms with van der Waals surface area (Å²) in [5.41, 5.74) is 4.21. The predicted molar refractivity (Wildman–Crippen MR) is 103 cm³/mol. The highest BCUT2D eigenvalue weighted by atomic mass is 32.2. The molecule has 0 aliphatic rings. The van der Waals surface area contributed by atoms with E-state index in [9.17, 15) is 4.79 Å². The van der Waals surface area contributed by atoms with Crippen LogP contribution in [0.1, 0.15) is 18.7 Å². The SMILES string of the molecule is Cc1nc2cc(NC(=O)CCCSc3nc4ccccc4[nH]3)ccc2o1. The summed E-state index contributed by atoms with van der Waals surface area (Å²) in [4.78, 5) is 24.2. The second kappa shape index (κ2) is 7.21. The zero-order chi connectivity index (χ0) is 17.9. The number of imidazole rings is 1. The molecule has 2 N–H and O–H groups in total. The van der Waals surface area contributed by atoms with E-state index in [0.717, 1.165) is 45.2 Å². The molecule has 2 aromatic heterocycles. The van der Waals surface area contributed by atoms with Crippen LogP contribution >= 0.6 is 11.8 Å². The highest BCUT2D eigenvalue weighted by Crippen LogP contribution is 2.21. The fourth-order valence-corrected chi connectivity index (χ4v) is 3.57. The van der Waals surface area contributed by atoms with Gasteiger partial charge in [-0.3, -0.25) is 4.79 Å². The van der Waals surface area contributed by atoms with Crippen LogP contribution in [0.4, 0.5) is 5.69 Å². The Kier molecular flexibility index (Phi) is 4.62. The number of nitrogens with zero attached hydrogens (tertiary/aromatic N) is 2. The number of thioether (sulfide) groups is 1. The van der Waals surface area contributed by atoms with Crippen LogP contribution in [0, 0.1) is 6.92 Å². The van der Waals surface area contributed by atoms with Crippen LogP contribution in [-0.2, 0) is 4.79 Å². The van der Waals surface area contributed by atoms with Gasteiger partial charge in [-0.05, 0) is 36.8 Å². The van der Waals surface area contributed by atoms with Gasteiger partial charge in [0.2, 0.25) is 5.91 Å². The van der Waals surface area contributed by atoms with E-state index in [-0.39, 0.29) is 5.91 Å². The largest absolute Gasteiger partial charge is 0.441 e. The molecule has 0 saturated carbocycles. The molecule has 0 bridgehead atoms. The summed E-state index contributed by atoms with van der Waals surface area (Å²) >= 11 is 1.63. The third kappa shape index (κ3) is 3.72. The van der Waals surface area contributed by atoms with E-state index in [4.69, 9.17) is 4.42 Å². The second-order valence-electron chi connectivity index (χ2n) is 5.97. The van der Waals surface area contributed by atoms with Crippen molar-refractivity contribution in [3.63, 3.8) is 0 Å². The number of nitrogens with one attached hydrogen (secondary N) is 2. The maximum atomic E-state index is 12.1. The van der Waals surface area contributed by atoms with Gasteiger partial charge in [-0.25, -0.2) is 9.97 Å². The minimum Gasteiger partial charge on any atom is -0.441 e. The van der Waals surface area contributed by atoms with Crippen molar-refractivity contribution < 1.29 is 9.21 Å². The molecule has 2 heterocycles. The van der Waals surface area contributed by atoms with Gasteiger partial charge in [0.25, 0.3) is 0 Å². The monoisotopic (exact) mass is 366 g/mol. The number of fused-ring (bicyclic) bond motifs is 2. The standard InChI is InChI=1S/C19H18N4O2S/c1-12-20-16-11-13(8-9-17(16)25-12)21-18(24)7-4-10-26-19-22-14-5-2-3-6-15(14)23-19/h2-3,5-6,8-9,11H,4,7,10H2,1H3,(H,21,24)(H,22,23). The summed E-state index contributed by atoms with van der Waals surface area (Å²) in [5, 5.41) is 3.80. The molecule has 132 valence electrons. The van der Waals surface area contributed by atoms with Crippen molar-refractivity contribution >= 4 is 45.5 Å². The van der Waals surface area contributed by atoms with Gasteiger partial charge in [0.15, 0.2) is 16.6 Å². The van der Waals surface area contributed by atoms with Crippen LogP contribution in [0.15, 0.2) is 52.0 Å². The number of H-pyrrole nitrogens is 1. The molecule has 0 saturated heterocycles. The number of para-hydroxylation sites is 2. The van der Waals surface area contributed by atoms with Gasteiger partial charge < -0.3 is 14.7 Å². The minimum absolute atomic E-state index is 0.00484. The number of hydrogen-bond donors (Lipinski definition) is 2. The molecule has 0 radical (unpaired) electrons. The number of carbonyl (C=O) groups excluding carboxylic acids is 1. The molecule has 4 aromatic rings. The summed E-state index contributed by atoms with van der Waals surface area (Å²) < 4.78 is 5.44. The Bertz CT molecular complexity index is 1040. The molecule has 26 heavy (non-hydrogen) atoms. The third-order valence-electron chi connectivity index (χ3n) is 3.93. The van der Waals surface area contributed by atoms with Crippen LogP contribution in [0.3, 0.4) is 0 Å². The van der Waals surface area contributed by atoms with Crippen molar-refractivity contribution in [1.29, 1.82) is 0 Å². The van der Waals surface area contributed by atoms with Gasteiger partial charge in [-0.1, -0.05) is 23.9 Å². The predicted octanol–water partition coefficient (Wildman–Crippen LogP) is 4.52. The number of aryl methyl sites for hydroxylation is 1. The molecular weight excluding hydrogens is 348 g/mol. The van der Waals surface area contributed by atoms with Crippen LogP contribution in [-0.4, -0.2) is 26.6 Å². The van der Waals surface area contributed by atoms with Crippen molar-refractivity contribution in [2.45, 2.75) is 24.9 Å². The molecule has 6 nitrogen and oxygen atoms in total. The van der Waals surface area contributed by atoms with Crippen LogP contribution < -0.4 is 5.32 Å². The zero-order valence-corrected chi connectivity index (χ0v) is 15.1. The number of aromatic nitrogens is 3. The second-order valence-corrected chi connectivity index (χ2v) is 7.06. The van der Waals surface area contributed by atoms with E-state index in [1.54, 1.807) is 18.7 Å². The molecule has 0 aliphatic carbocycles. The maximum absolute atomic E-state index is 12.1. The smallest absolute Gasteiger partial charge is 0.224 e. The Labute approximate surface area is 154 Å².